The van der Waals surface area contributed by atoms with Crippen molar-refractivity contribution in [2.45, 2.75) is 5.75 Å². The molecule has 0 bridgehead atoms. The standard InChI is InChI=1S/C17H17N3O4S2/c1-23-12-3-4-14(24-2)13(8-12)19-15(21)10-25-9-11-7-16(22)20-5-6-26-17(20)18-11/h3-8H,9-10H2,1-2H3,(H,19,21). The van der Waals surface area contributed by atoms with Gasteiger partial charge in [-0.3, -0.25) is 14.0 Å². The summed E-state index contributed by atoms with van der Waals surface area (Å²) in [7, 11) is 3.10. The second-order valence-electron chi connectivity index (χ2n) is 5.25. The van der Waals surface area contributed by atoms with Gasteiger partial charge in [0, 0.05) is 29.5 Å². The fourth-order valence-electron chi connectivity index (χ4n) is 2.31. The maximum atomic E-state index is 12.2. The molecule has 0 fully saturated rings. The number of methoxy groups -OCH3 is 2. The maximum absolute atomic E-state index is 12.2. The van der Waals surface area contributed by atoms with Crippen LogP contribution in [0.25, 0.3) is 4.96 Å². The second-order valence-corrected chi connectivity index (χ2v) is 7.11. The molecule has 0 saturated heterocycles. The lowest BCUT2D eigenvalue weighted by Gasteiger charge is -2.11. The van der Waals surface area contributed by atoms with Gasteiger partial charge >= 0.3 is 0 Å². The third-order valence-corrected chi connectivity index (χ3v) is 5.24. The Kier molecular flexibility index (Phi) is 5.79. The van der Waals surface area contributed by atoms with E-state index < -0.39 is 0 Å². The van der Waals surface area contributed by atoms with Crippen LogP contribution in [-0.4, -0.2) is 35.3 Å². The average Bonchev–Trinajstić information content (AvgIpc) is 3.11. The van der Waals surface area contributed by atoms with Gasteiger partial charge in [-0.2, -0.15) is 0 Å². The number of thioether (sulfide) groups is 1. The van der Waals surface area contributed by atoms with Crippen LogP contribution in [0.4, 0.5) is 5.69 Å². The number of fused-ring (bicyclic) bond motifs is 1. The molecule has 0 radical (unpaired) electrons. The van der Waals surface area contributed by atoms with Crippen molar-refractivity contribution >= 4 is 39.7 Å². The van der Waals surface area contributed by atoms with Gasteiger partial charge in [0.1, 0.15) is 11.5 Å². The topological polar surface area (TPSA) is 81.9 Å². The normalized spacial score (nSPS) is 10.7. The summed E-state index contributed by atoms with van der Waals surface area (Å²) >= 11 is 2.79. The zero-order valence-electron chi connectivity index (χ0n) is 14.2. The highest BCUT2D eigenvalue weighted by Gasteiger charge is 2.10. The number of aromatic nitrogens is 2. The number of carbonyl (C=O) groups excluding carboxylic acids is 1. The number of hydrogen-bond donors (Lipinski definition) is 1. The smallest absolute Gasteiger partial charge is 0.258 e. The molecular formula is C17H17N3O4S2. The molecule has 0 spiro atoms. The fourth-order valence-corrected chi connectivity index (χ4v) is 3.76. The van der Waals surface area contributed by atoms with Crippen LogP contribution in [-0.2, 0) is 10.5 Å². The molecule has 0 saturated carbocycles. The number of amides is 1. The third kappa shape index (κ3) is 4.17. The summed E-state index contributed by atoms with van der Waals surface area (Å²) in [6.07, 6.45) is 1.70. The Hall–Kier alpha value is -2.52. The van der Waals surface area contributed by atoms with Crippen LogP contribution >= 0.6 is 23.1 Å². The first-order chi connectivity index (χ1) is 12.6. The molecule has 1 amide bonds. The number of benzene rings is 1. The molecule has 0 unspecified atom stereocenters. The van der Waals surface area contributed by atoms with Gasteiger partial charge in [-0.15, -0.1) is 23.1 Å². The first-order valence-corrected chi connectivity index (χ1v) is 9.69. The van der Waals surface area contributed by atoms with E-state index in [1.54, 1.807) is 31.5 Å². The van der Waals surface area contributed by atoms with Crippen LogP contribution < -0.4 is 20.3 Å². The number of ether oxygens (including phenoxy) is 2. The SMILES string of the molecule is COc1ccc(OC)c(NC(=O)CSCc2cc(=O)n3ccsc3n2)c1. The van der Waals surface area contributed by atoms with Crippen LogP contribution in [0.5, 0.6) is 11.5 Å². The lowest BCUT2D eigenvalue weighted by molar-refractivity contribution is -0.113. The van der Waals surface area contributed by atoms with Crippen molar-refractivity contribution in [2.24, 2.45) is 0 Å². The summed E-state index contributed by atoms with van der Waals surface area (Å²) in [6.45, 7) is 0. The lowest BCUT2D eigenvalue weighted by atomic mass is 10.2. The molecule has 0 atom stereocenters. The number of nitrogens with one attached hydrogen (secondary N) is 1. The lowest BCUT2D eigenvalue weighted by Crippen LogP contribution is -2.16. The first kappa shape index (κ1) is 18.3. The molecule has 9 heteroatoms. The van der Waals surface area contributed by atoms with Crippen molar-refractivity contribution in [2.75, 3.05) is 25.3 Å². The number of hydrogen-bond acceptors (Lipinski definition) is 7. The van der Waals surface area contributed by atoms with E-state index in [9.17, 15) is 9.59 Å². The highest BCUT2D eigenvalue weighted by molar-refractivity contribution is 7.99. The Balaban J connectivity index is 1.59. The molecule has 3 rings (SSSR count). The van der Waals surface area contributed by atoms with Gasteiger partial charge in [0.2, 0.25) is 5.91 Å². The zero-order chi connectivity index (χ0) is 18.5. The van der Waals surface area contributed by atoms with Gasteiger partial charge in [-0.1, -0.05) is 0 Å². The number of thiazole rings is 1. The monoisotopic (exact) mass is 391 g/mol. The number of carbonyl (C=O) groups is 1. The van der Waals surface area contributed by atoms with Crippen molar-refractivity contribution in [3.8, 4) is 11.5 Å². The maximum Gasteiger partial charge on any atom is 0.258 e. The van der Waals surface area contributed by atoms with Crippen molar-refractivity contribution in [1.82, 2.24) is 9.38 Å². The molecule has 0 aliphatic carbocycles. The minimum atomic E-state index is -0.171. The summed E-state index contributed by atoms with van der Waals surface area (Å²) in [5.74, 6) is 1.72. The predicted octanol–water partition coefficient (Wildman–Crippen LogP) is 2.65. The van der Waals surface area contributed by atoms with Crippen molar-refractivity contribution in [3.63, 3.8) is 0 Å². The summed E-state index contributed by atoms with van der Waals surface area (Å²) in [6, 6.07) is 6.69. The molecule has 3 aromatic rings. The zero-order valence-corrected chi connectivity index (χ0v) is 15.9. The number of anilines is 1. The van der Waals surface area contributed by atoms with E-state index >= 15 is 0 Å². The van der Waals surface area contributed by atoms with Crippen LogP contribution in [0, 0.1) is 0 Å². The molecule has 7 nitrogen and oxygen atoms in total. The Morgan fingerprint density at radius 3 is 2.92 bits per heavy atom. The third-order valence-electron chi connectivity index (χ3n) is 3.52. The highest BCUT2D eigenvalue weighted by Crippen LogP contribution is 2.29. The largest absolute Gasteiger partial charge is 0.497 e. The molecule has 2 heterocycles. The van der Waals surface area contributed by atoms with Crippen molar-refractivity contribution in [3.05, 3.63) is 51.9 Å². The fraction of sp³-hybridized carbons (Fsp3) is 0.235. The van der Waals surface area contributed by atoms with Gasteiger partial charge in [-0.05, 0) is 12.1 Å². The van der Waals surface area contributed by atoms with Crippen LogP contribution in [0.15, 0.2) is 40.6 Å². The number of rotatable bonds is 7. The van der Waals surface area contributed by atoms with E-state index in [0.717, 1.165) is 0 Å². The second kappa shape index (κ2) is 8.24. The molecule has 2 aromatic heterocycles. The molecular weight excluding hydrogens is 374 g/mol. The van der Waals surface area contributed by atoms with Gasteiger partial charge in [0.15, 0.2) is 4.96 Å². The van der Waals surface area contributed by atoms with Gasteiger partial charge in [0.05, 0.1) is 31.4 Å². The Morgan fingerprint density at radius 1 is 1.31 bits per heavy atom. The van der Waals surface area contributed by atoms with E-state index in [1.807, 2.05) is 5.38 Å². The van der Waals surface area contributed by atoms with Gasteiger partial charge in [-0.25, -0.2) is 4.98 Å². The van der Waals surface area contributed by atoms with E-state index in [-0.39, 0.29) is 17.2 Å². The summed E-state index contributed by atoms with van der Waals surface area (Å²) < 4.78 is 11.9. The quantitative estimate of drug-likeness (QED) is 0.667. The molecule has 1 aromatic carbocycles. The van der Waals surface area contributed by atoms with E-state index in [2.05, 4.69) is 10.3 Å². The average molecular weight is 391 g/mol. The first-order valence-electron chi connectivity index (χ1n) is 7.66. The molecule has 0 aliphatic rings. The van der Waals surface area contributed by atoms with E-state index in [4.69, 9.17) is 9.47 Å². The minimum Gasteiger partial charge on any atom is -0.497 e. The molecule has 136 valence electrons. The van der Waals surface area contributed by atoms with Crippen molar-refractivity contribution < 1.29 is 14.3 Å². The van der Waals surface area contributed by atoms with Crippen LogP contribution in [0.3, 0.4) is 0 Å². The van der Waals surface area contributed by atoms with Crippen molar-refractivity contribution in [1.29, 1.82) is 0 Å². The van der Waals surface area contributed by atoms with E-state index in [0.29, 0.717) is 33.6 Å². The summed E-state index contributed by atoms with van der Waals surface area (Å²) in [5.41, 5.74) is 1.10. The Morgan fingerprint density at radius 2 is 2.15 bits per heavy atom. The molecule has 1 N–H and O–H groups in total. The van der Waals surface area contributed by atoms with Crippen LogP contribution in [0.2, 0.25) is 0 Å². The summed E-state index contributed by atoms with van der Waals surface area (Å²) in [4.78, 5) is 29.2. The predicted molar refractivity (Wildman–Crippen MR) is 104 cm³/mol. The number of nitrogens with zero attached hydrogens (tertiary/aromatic N) is 2. The minimum absolute atomic E-state index is 0.114. The Labute approximate surface area is 158 Å². The molecule has 0 aliphatic heterocycles. The summed E-state index contributed by atoms with van der Waals surface area (Å²) in [5, 5.41) is 4.63. The highest BCUT2D eigenvalue weighted by atomic mass is 32.2. The van der Waals surface area contributed by atoms with Gasteiger partial charge < -0.3 is 14.8 Å². The van der Waals surface area contributed by atoms with E-state index in [1.165, 1.54) is 40.7 Å². The van der Waals surface area contributed by atoms with Gasteiger partial charge in [0.25, 0.3) is 5.56 Å². The molecule has 26 heavy (non-hydrogen) atoms. The Bertz CT molecular complexity index is 984. The van der Waals surface area contributed by atoms with Crippen LogP contribution in [0.1, 0.15) is 5.69 Å².